The highest BCUT2D eigenvalue weighted by Crippen LogP contribution is 2.30. The number of methoxy groups -OCH3 is 1. The summed E-state index contributed by atoms with van der Waals surface area (Å²) in [5.41, 5.74) is 2.69. The first kappa shape index (κ1) is 26.3. The van der Waals surface area contributed by atoms with Gasteiger partial charge in [0.15, 0.2) is 0 Å². The van der Waals surface area contributed by atoms with Gasteiger partial charge >= 0.3 is 0 Å². The first-order valence-electron chi connectivity index (χ1n) is 11.6. The Bertz CT molecular complexity index is 1520. The molecule has 1 N–H and O–H groups in total. The molecule has 8 nitrogen and oxygen atoms in total. The fourth-order valence-corrected chi connectivity index (χ4v) is 4.08. The Labute approximate surface area is 220 Å². The summed E-state index contributed by atoms with van der Waals surface area (Å²) in [5, 5.41) is 8.29. The number of hydrogen-bond donors (Lipinski definition) is 1. The van der Waals surface area contributed by atoms with Gasteiger partial charge in [0.05, 0.1) is 30.6 Å². The van der Waals surface area contributed by atoms with Crippen LogP contribution in [-0.4, -0.2) is 38.8 Å². The minimum absolute atomic E-state index is 0. The topological polar surface area (TPSA) is 91.2 Å². The van der Waals surface area contributed by atoms with Crippen molar-refractivity contribution in [2.75, 3.05) is 7.11 Å². The van der Waals surface area contributed by atoms with E-state index in [1.165, 1.54) is 24.7 Å². The number of carbonyl (C=O) groups is 1. The molecule has 3 aromatic carbocycles. The SMILES string of the molecule is C.COc1cccc([C@@H](Oc2ccc3c(cnn3-c3ccc(F)cc3)c2)[C@H](C)NC(=O)c2ccncn2)c1. The summed E-state index contributed by atoms with van der Waals surface area (Å²) in [6, 6.07) is 20.4. The van der Waals surface area contributed by atoms with Crippen LogP contribution in [0.4, 0.5) is 4.39 Å². The van der Waals surface area contributed by atoms with Crippen LogP contribution in [-0.2, 0) is 0 Å². The lowest BCUT2D eigenvalue weighted by Crippen LogP contribution is -2.39. The predicted molar refractivity (Wildman–Crippen MR) is 143 cm³/mol. The number of rotatable bonds is 8. The summed E-state index contributed by atoms with van der Waals surface area (Å²) in [7, 11) is 1.60. The van der Waals surface area contributed by atoms with Crippen molar-refractivity contribution in [1.82, 2.24) is 25.1 Å². The van der Waals surface area contributed by atoms with Crippen molar-refractivity contribution in [2.24, 2.45) is 0 Å². The van der Waals surface area contributed by atoms with Crippen molar-refractivity contribution < 1.29 is 18.7 Å². The molecule has 5 aromatic rings. The number of ether oxygens (including phenoxy) is 2. The van der Waals surface area contributed by atoms with Crippen LogP contribution >= 0.6 is 0 Å². The summed E-state index contributed by atoms with van der Waals surface area (Å²) >= 11 is 0. The standard InChI is InChI=1S/C28H24FN5O3.CH4/c1-18(33-28(35)25-12-13-30-17-31-25)27(19-4-3-5-23(14-19)36-2)37-24-10-11-26-20(15-24)16-32-34(26)22-8-6-21(29)7-9-22;/h3-18,27H,1-2H3,(H,33,35);1H4/t18-,27-;/m0./s1. The maximum absolute atomic E-state index is 13.4. The number of halogens is 1. The number of carbonyl (C=O) groups excluding carboxylic acids is 1. The molecule has 0 spiro atoms. The molecule has 0 aliphatic carbocycles. The lowest BCUT2D eigenvalue weighted by atomic mass is 10.0. The van der Waals surface area contributed by atoms with Gasteiger partial charge in [-0.25, -0.2) is 19.0 Å². The Morgan fingerprint density at radius 1 is 1.03 bits per heavy atom. The van der Waals surface area contributed by atoms with E-state index in [1.54, 1.807) is 36.2 Å². The highest BCUT2D eigenvalue weighted by Gasteiger charge is 2.25. The van der Waals surface area contributed by atoms with Crippen LogP contribution in [0.3, 0.4) is 0 Å². The molecule has 2 atom stereocenters. The predicted octanol–water partition coefficient (Wildman–Crippen LogP) is 5.54. The minimum atomic E-state index is -0.537. The zero-order chi connectivity index (χ0) is 25.8. The third-order valence-corrected chi connectivity index (χ3v) is 5.92. The fourth-order valence-electron chi connectivity index (χ4n) is 4.08. The molecule has 5 rings (SSSR count). The van der Waals surface area contributed by atoms with Gasteiger partial charge in [-0.05, 0) is 73.2 Å². The molecule has 38 heavy (non-hydrogen) atoms. The number of benzene rings is 3. The van der Waals surface area contributed by atoms with E-state index < -0.39 is 12.1 Å². The summed E-state index contributed by atoms with van der Waals surface area (Å²) in [5.74, 6) is 0.640. The van der Waals surface area contributed by atoms with Gasteiger partial charge < -0.3 is 14.8 Å². The second kappa shape index (κ2) is 11.5. The van der Waals surface area contributed by atoms with Crippen LogP contribution in [0.5, 0.6) is 11.5 Å². The van der Waals surface area contributed by atoms with Crippen LogP contribution < -0.4 is 14.8 Å². The third-order valence-electron chi connectivity index (χ3n) is 5.92. The van der Waals surface area contributed by atoms with Gasteiger partial charge in [-0.3, -0.25) is 4.79 Å². The number of amides is 1. The maximum Gasteiger partial charge on any atom is 0.270 e. The van der Waals surface area contributed by atoms with Gasteiger partial charge in [-0.15, -0.1) is 0 Å². The number of fused-ring (bicyclic) bond motifs is 1. The molecule has 0 aliphatic rings. The molecule has 2 aromatic heterocycles. The zero-order valence-corrected chi connectivity index (χ0v) is 20.2. The second-order valence-corrected chi connectivity index (χ2v) is 8.43. The Morgan fingerprint density at radius 3 is 2.58 bits per heavy atom. The minimum Gasteiger partial charge on any atom is -0.497 e. The molecule has 0 saturated carbocycles. The van der Waals surface area contributed by atoms with E-state index in [9.17, 15) is 9.18 Å². The van der Waals surface area contributed by atoms with Gasteiger partial charge in [0.2, 0.25) is 0 Å². The van der Waals surface area contributed by atoms with Crippen LogP contribution in [0.15, 0.2) is 91.5 Å². The Balaban J connectivity index is 0.00000336. The Kier molecular flexibility index (Phi) is 7.96. The number of hydrogen-bond acceptors (Lipinski definition) is 6. The van der Waals surface area contributed by atoms with Gasteiger partial charge in [0, 0.05) is 11.6 Å². The van der Waals surface area contributed by atoms with Gasteiger partial charge in [0.1, 0.15) is 35.4 Å². The summed E-state index contributed by atoms with van der Waals surface area (Å²) in [6.45, 7) is 1.87. The van der Waals surface area contributed by atoms with E-state index in [2.05, 4.69) is 20.4 Å². The lowest BCUT2D eigenvalue weighted by Gasteiger charge is -2.27. The van der Waals surface area contributed by atoms with E-state index >= 15 is 0 Å². The number of nitrogens with zero attached hydrogens (tertiary/aromatic N) is 4. The number of nitrogens with one attached hydrogen (secondary N) is 1. The summed E-state index contributed by atoms with van der Waals surface area (Å²) in [4.78, 5) is 20.7. The highest BCUT2D eigenvalue weighted by molar-refractivity contribution is 5.92. The first-order valence-corrected chi connectivity index (χ1v) is 11.6. The molecule has 9 heteroatoms. The molecule has 1 amide bonds. The summed E-state index contributed by atoms with van der Waals surface area (Å²) in [6.07, 6.45) is 4.04. The molecule has 0 unspecified atom stereocenters. The van der Waals surface area contributed by atoms with Gasteiger partial charge in [-0.2, -0.15) is 5.10 Å². The second-order valence-electron chi connectivity index (χ2n) is 8.43. The van der Waals surface area contributed by atoms with Gasteiger partial charge in [-0.1, -0.05) is 19.6 Å². The van der Waals surface area contributed by atoms with E-state index in [4.69, 9.17) is 9.47 Å². The van der Waals surface area contributed by atoms with Crippen molar-refractivity contribution >= 4 is 16.8 Å². The fraction of sp³-hybridized carbons (Fsp3) is 0.172. The first-order chi connectivity index (χ1) is 18.0. The van der Waals surface area contributed by atoms with Crippen molar-refractivity contribution in [2.45, 2.75) is 26.5 Å². The Hall–Kier alpha value is -4.79. The highest BCUT2D eigenvalue weighted by atomic mass is 19.1. The average molecular weight is 514 g/mol. The van der Waals surface area contributed by atoms with Crippen molar-refractivity contribution in [3.63, 3.8) is 0 Å². The molecular formula is C29H28FN5O3. The molecule has 194 valence electrons. The van der Waals surface area contributed by atoms with E-state index in [1.807, 2.05) is 49.4 Å². The molecule has 0 saturated heterocycles. The van der Waals surface area contributed by atoms with Crippen LogP contribution in [0.2, 0.25) is 0 Å². The third kappa shape index (κ3) is 5.62. The van der Waals surface area contributed by atoms with E-state index in [-0.39, 0.29) is 24.8 Å². The lowest BCUT2D eigenvalue weighted by molar-refractivity contribution is 0.0876. The zero-order valence-electron chi connectivity index (χ0n) is 20.2. The molecule has 0 radical (unpaired) electrons. The maximum atomic E-state index is 13.4. The van der Waals surface area contributed by atoms with Crippen LogP contribution in [0.1, 0.15) is 36.5 Å². The normalized spacial score (nSPS) is 12.3. The molecule has 2 heterocycles. The molecule has 0 fully saturated rings. The molecule has 0 aliphatic heterocycles. The van der Waals surface area contributed by atoms with Gasteiger partial charge in [0.25, 0.3) is 5.91 Å². The van der Waals surface area contributed by atoms with Crippen LogP contribution in [0, 0.1) is 5.82 Å². The Morgan fingerprint density at radius 2 is 1.84 bits per heavy atom. The van der Waals surface area contributed by atoms with Crippen LogP contribution in [0.25, 0.3) is 16.6 Å². The monoisotopic (exact) mass is 513 g/mol. The number of aromatic nitrogens is 4. The van der Waals surface area contributed by atoms with Crippen molar-refractivity contribution in [3.8, 4) is 17.2 Å². The molecule has 0 bridgehead atoms. The van der Waals surface area contributed by atoms with Crippen molar-refractivity contribution in [1.29, 1.82) is 0 Å². The summed E-state index contributed by atoms with van der Waals surface area (Å²) < 4.78 is 26.9. The van der Waals surface area contributed by atoms with E-state index in [0.717, 1.165) is 22.2 Å². The quantitative estimate of drug-likeness (QED) is 0.293. The largest absolute Gasteiger partial charge is 0.497 e. The van der Waals surface area contributed by atoms with E-state index in [0.29, 0.717) is 11.5 Å². The molecular weight excluding hydrogens is 485 g/mol. The smallest absolute Gasteiger partial charge is 0.270 e. The van der Waals surface area contributed by atoms with Crippen molar-refractivity contribution in [3.05, 3.63) is 109 Å². The average Bonchev–Trinajstić information content (AvgIpc) is 3.36.